The van der Waals surface area contributed by atoms with Crippen molar-refractivity contribution in [2.24, 2.45) is 0 Å². The molecule has 134 valence electrons. The molecule has 0 atom stereocenters. The summed E-state index contributed by atoms with van der Waals surface area (Å²) >= 11 is 0. The van der Waals surface area contributed by atoms with E-state index in [0.717, 1.165) is 0 Å². The maximum absolute atomic E-state index is 13.0. The monoisotopic (exact) mass is 370 g/mol. The molecule has 0 amide bonds. The molecule has 5 nitrogen and oxygen atoms in total. The highest BCUT2D eigenvalue weighted by molar-refractivity contribution is 7.49. The minimum absolute atomic E-state index is 0.0475. The van der Waals surface area contributed by atoms with E-state index in [1.807, 2.05) is 42.5 Å². The Hall–Kier alpha value is -2.75. The van der Waals surface area contributed by atoms with E-state index in [2.05, 4.69) is 0 Å². The highest BCUT2D eigenvalue weighted by Crippen LogP contribution is 2.49. The summed E-state index contributed by atoms with van der Waals surface area (Å²) in [5.74, 6) is 1.50. The summed E-state index contributed by atoms with van der Waals surface area (Å²) in [6, 6.07) is 26.8. The van der Waals surface area contributed by atoms with Crippen LogP contribution in [-0.2, 0) is 9.09 Å². The number of hydrogen-bond acceptors (Lipinski definition) is 5. The van der Waals surface area contributed by atoms with Crippen molar-refractivity contribution in [3.63, 3.8) is 0 Å². The molecule has 0 saturated heterocycles. The molecule has 26 heavy (non-hydrogen) atoms. The van der Waals surface area contributed by atoms with Crippen LogP contribution in [0.3, 0.4) is 0 Å². The first-order valence-electron chi connectivity index (χ1n) is 8.15. The third-order valence-corrected chi connectivity index (χ3v) is 4.63. The first-order chi connectivity index (χ1) is 12.7. The van der Waals surface area contributed by atoms with Crippen molar-refractivity contribution in [3.8, 4) is 17.2 Å². The second-order valence-electron chi connectivity index (χ2n) is 5.25. The van der Waals surface area contributed by atoms with Crippen LogP contribution in [0.25, 0.3) is 0 Å². The molecule has 3 aromatic rings. The van der Waals surface area contributed by atoms with E-state index in [-0.39, 0.29) is 13.2 Å². The van der Waals surface area contributed by atoms with Crippen molar-refractivity contribution < 1.29 is 22.9 Å². The molecule has 0 N–H and O–H groups in total. The van der Waals surface area contributed by atoms with E-state index in [0.29, 0.717) is 17.2 Å². The topological polar surface area (TPSA) is 54.0 Å². The summed E-state index contributed by atoms with van der Waals surface area (Å²) in [4.78, 5) is 0. The van der Waals surface area contributed by atoms with Gasteiger partial charge in [0.25, 0.3) is 0 Å². The van der Waals surface area contributed by atoms with E-state index in [9.17, 15) is 4.57 Å². The summed E-state index contributed by atoms with van der Waals surface area (Å²) in [5.41, 5.74) is 0. The number of phosphoric ester groups is 1. The van der Waals surface area contributed by atoms with Gasteiger partial charge in [-0.25, -0.2) is 4.57 Å². The van der Waals surface area contributed by atoms with E-state index < -0.39 is 7.82 Å². The van der Waals surface area contributed by atoms with E-state index in [1.54, 1.807) is 48.5 Å². The minimum Gasteiger partial charge on any atom is -0.491 e. The molecule has 3 rings (SSSR count). The Kier molecular flexibility index (Phi) is 6.31. The van der Waals surface area contributed by atoms with Crippen LogP contribution >= 0.6 is 7.82 Å². The molecule has 3 aromatic carbocycles. The molecule has 0 radical (unpaired) electrons. The molecular formula is C20H19O5P. The fourth-order valence-corrected chi connectivity index (χ4v) is 3.32. The largest absolute Gasteiger partial charge is 0.587 e. The highest BCUT2D eigenvalue weighted by atomic mass is 31.2. The van der Waals surface area contributed by atoms with Crippen LogP contribution in [0.5, 0.6) is 17.2 Å². The molecule has 0 bridgehead atoms. The van der Waals surface area contributed by atoms with Crippen molar-refractivity contribution in [1.29, 1.82) is 0 Å². The zero-order valence-corrected chi connectivity index (χ0v) is 15.0. The fraction of sp³-hybridized carbons (Fsp3) is 0.100. The minimum atomic E-state index is -3.86. The molecule has 0 aliphatic carbocycles. The van der Waals surface area contributed by atoms with Gasteiger partial charge in [-0.3, -0.25) is 4.52 Å². The van der Waals surface area contributed by atoms with Gasteiger partial charge in [-0.15, -0.1) is 0 Å². The Morgan fingerprint density at radius 3 is 1.46 bits per heavy atom. The third kappa shape index (κ3) is 5.66. The molecule has 0 heterocycles. The lowest BCUT2D eigenvalue weighted by molar-refractivity contribution is 0.169. The average molecular weight is 370 g/mol. The molecular weight excluding hydrogens is 351 g/mol. The highest BCUT2D eigenvalue weighted by Gasteiger charge is 2.30. The van der Waals surface area contributed by atoms with Crippen LogP contribution in [0.2, 0.25) is 0 Å². The van der Waals surface area contributed by atoms with Crippen LogP contribution < -0.4 is 13.8 Å². The Labute approximate surface area is 152 Å². The zero-order valence-electron chi connectivity index (χ0n) is 14.1. The number of benzene rings is 3. The SMILES string of the molecule is O=P(OCCOc1ccccc1)(Oc1ccccc1)Oc1ccccc1. The summed E-state index contributed by atoms with van der Waals surface area (Å²) in [6.45, 7) is 0.260. The van der Waals surface area contributed by atoms with Gasteiger partial charge < -0.3 is 13.8 Å². The molecule has 0 spiro atoms. The number of ether oxygens (including phenoxy) is 1. The lowest BCUT2D eigenvalue weighted by atomic mass is 10.3. The Morgan fingerprint density at radius 2 is 1.00 bits per heavy atom. The van der Waals surface area contributed by atoms with Gasteiger partial charge in [0, 0.05) is 0 Å². The molecule has 6 heteroatoms. The molecule has 0 aliphatic rings. The summed E-state index contributed by atoms with van der Waals surface area (Å²) in [7, 11) is -3.86. The van der Waals surface area contributed by atoms with Crippen LogP contribution in [-0.4, -0.2) is 13.2 Å². The van der Waals surface area contributed by atoms with Gasteiger partial charge in [-0.05, 0) is 36.4 Å². The lowest BCUT2D eigenvalue weighted by Gasteiger charge is -2.19. The van der Waals surface area contributed by atoms with E-state index in [1.165, 1.54) is 0 Å². The predicted molar refractivity (Wildman–Crippen MR) is 99.6 cm³/mol. The normalized spacial score (nSPS) is 10.9. The maximum atomic E-state index is 13.0. The van der Waals surface area contributed by atoms with Crippen molar-refractivity contribution in [2.45, 2.75) is 0 Å². The maximum Gasteiger partial charge on any atom is 0.587 e. The summed E-state index contributed by atoms with van der Waals surface area (Å²) in [6.07, 6.45) is 0. The van der Waals surface area contributed by atoms with Gasteiger partial charge in [-0.1, -0.05) is 54.6 Å². The van der Waals surface area contributed by atoms with Gasteiger partial charge in [0.1, 0.15) is 23.9 Å². The number of para-hydroxylation sites is 3. The number of phosphoric acid groups is 1. The van der Waals surface area contributed by atoms with Gasteiger partial charge in [0.05, 0.1) is 6.61 Å². The second kappa shape index (κ2) is 9.09. The lowest BCUT2D eigenvalue weighted by Crippen LogP contribution is -2.11. The predicted octanol–water partition coefficient (Wildman–Crippen LogP) is 5.35. The van der Waals surface area contributed by atoms with Crippen molar-refractivity contribution in [2.75, 3.05) is 13.2 Å². The molecule has 0 unspecified atom stereocenters. The van der Waals surface area contributed by atoms with Crippen molar-refractivity contribution >= 4 is 7.82 Å². The smallest absolute Gasteiger partial charge is 0.491 e. The molecule has 0 saturated carbocycles. The summed E-state index contributed by atoms with van der Waals surface area (Å²) in [5, 5.41) is 0. The van der Waals surface area contributed by atoms with Crippen LogP contribution in [0.4, 0.5) is 0 Å². The van der Waals surface area contributed by atoms with E-state index in [4.69, 9.17) is 18.3 Å². The Morgan fingerprint density at radius 1 is 0.577 bits per heavy atom. The van der Waals surface area contributed by atoms with Gasteiger partial charge in [0.2, 0.25) is 0 Å². The van der Waals surface area contributed by atoms with Crippen LogP contribution in [0.15, 0.2) is 91.0 Å². The molecule has 0 fully saturated rings. The van der Waals surface area contributed by atoms with Gasteiger partial charge in [0.15, 0.2) is 0 Å². The zero-order chi connectivity index (χ0) is 18.1. The molecule has 0 aliphatic heterocycles. The standard InChI is InChI=1S/C20H19O5P/c21-26(24-19-12-6-2-7-13-19,25-20-14-8-3-9-15-20)23-17-16-22-18-10-4-1-5-11-18/h1-15H,16-17H2. The van der Waals surface area contributed by atoms with E-state index >= 15 is 0 Å². The van der Waals surface area contributed by atoms with Crippen molar-refractivity contribution in [3.05, 3.63) is 91.0 Å². The third-order valence-electron chi connectivity index (χ3n) is 3.27. The number of hydrogen-bond donors (Lipinski definition) is 0. The van der Waals surface area contributed by atoms with Gasteiger partial charge >= 0.3 is 7.82 Å². The average Bonchev–Trinajstić information content (AvgIpc) is 2.68. The Bertz CT molecular complexity index is 779. The van der Waals surface area contributed by atoms with Crippen LogP contribution in [0.1, 0.15) is 0 Å². The number of rotatable bonds is 9. The Balaban J connectivity index is 1.63. The van der Waals surface area contributed by atoms with Gasteiger partial charge in [-0.2, -0.15) is 0 Å². The quantitative estimate of drug-likeness (QED) is 0.375. The van der Waals surface area contributed by atoms with Crippen molar-refractivity contribution in [1.82, 2.24) is 0 Å². The second-order valence-corrected chi connectivity index (χ2v) is 6.77. The van der Waals surface area contributed by atoms with Crippen LogP contribution in [0, 0.1) is 0 Å². The first kappa shape index (κ1) is 18.1. The fourth-order valence-electron chi connectivity index (χ4n) is 2.12. The molecule has 0 aromatic heterocycles. The summed E-state index contributed by atoms with van der Waals surface area (Å²) < 4.78 is 35.1. The first-order valence-corrected chi connectivity index (χ1v) is 9.61.